The summed E-state index contributed by atoms with van der Waals surface area (Å²) in [5.41, 5.74) is 1.62. The topological polar surface area (TPSA) is 76.2 Å². The predicted octanol–water partition coefficient (Wildman–Crippen LogP) is 3.80. The molecule has 0 aliphatic rings. The van der Waals surface area contributed by atoms with Crippen molar-refractivity contribution in [2.45, 2.75) is 11.4 Å². The van der Waals surface area contributed by atoms with Crippen LogP contribution in [-0.2, 0) is 16.6 Å². The Labute approximate surface area is 188 Å². The van der Waals surface area contributed by atoms with Gasteiger partial charge in [-0.2, -0.15) is 0 Å². The molecule has 3 aromatic carbocycles. The number of hydrogen-bond donors (Lipinski definition) is 0. The van der Waals surface area contributed by atoms with E-state index in [2.05, 4.69) is 0 Å². The van der Waals surface area contributed by atoms with Crippen LogP contribution in [0.25, 0.3) is 0 Å². The predicted molar refractivity (Wildman–Crippen MR) is 124 cm³/mol. The second-order valence-corrected chi connectivity index (χ2v) is 9.14. The van der Waals surface area contributed by atoms with Crippen LogP contribution >= 0.6 is 0 Å². The molecule has 0 unspecified atom stereocenters. The van der Waals surface area contributed by atoms with E-state index in [0.29, 0.717) is 17.2 Å². The number of carbonyl (C=O) groups is 1. The van der Waals surface area contributed by atoms with Crippen LogP contribution in [0.4, 0.5) is 5.69 Å². The standard InChI is InChI=1S/C24H26N2O5S/c1-25(17-19-13-14-21(30-3)16-23(19)31-4)24(27)18-9-8-12-22(15-18)32(28,29)26(2)20-10-6-5-7-11-20/h5-16H,17H2,1-4H3. The Morgan fingerprint density at radius 1 is 0.875 bits per heavy atom. The van der Waals surface area contributed by atoms with Gasteiger partial charge >= 0.3 is 0 Å². The number of rotatable bonds is 8. The molecule has 0 atom stereocenters. The van der Waals surface area contributed by atoms with Gasteiger partial charge in [0, 0.05) is 37.8 Å². The minimum atomic E-state index is -3.82. The molecule has 0 heterocycles. The zero-order chi connectivity index (χ0) is 23.3. The summed E-state index contributed by atoms with van der Waals surface area (Å²) in [6, 6.07) is 20.2. The lowest BCUT2D eigenvalue weighted by molar-refractivity contribution is 0.0784. The maximum atomic E-state index is 13.1. The summed E-state index contributed by atoms with van der Waals surface area (Å²) < 4.78 is 38.0. The molecule has 0 fully saturated rings. The fourth-order valence-electron chi connectivity index (χ4n) is 3.25. The lowest BCUT2D eigenvalue weighted by Gasteiger charge is -2.21. The highest BCUT2D eigenvalue weighted by atomic mass is 32.2. The molecule has 0 aliphatic heterocycles. The molecule has 3 rings (SSSR count). The van der Waals surface area contributed by atoms with Gasteiger partial charge in [-0.05, 0) is 42.5 Å². The van der Waals surface area contributed by atoms with Gasteiger partial charge in [-0.1, -0.05) is 24.3 Å². The molecule has 0 aromatic heterocycles. The van der Waals surface area contributed by atoms with Crippen molar-refractivity contribution in [1.82, 2.24) is 4.90 Å². The van der Waals surface area contributed by atoms with Crippen LogP contribution < -0.4 is 13.8 Å². The number of sulfonamides is 1. The first-order valence-electron chi connectivity index (χ1n) is 9.88. The Kier molecular flexibility index (Phi) is 7.05. The van der Waals surface area contributed by atoms with Crippen molar-refractivity contribution in [3.8, 4) is 11.5 Å². The third-order valence-corrected chi connectivity index (χ3v) is 6.89. The van der Waals surface area contributed by atoms with E-state index < -0.39 is 10.0 Å². The first kappa shape index (κ1) is 23.1. The first-order chi connectivity index (χ1) is 15.3. The molecule has 1 amide bonds. The maximum absolute atomic E-state index is 13.1. The second kappa shape index (κ2) is 9.74. The van der Waals surface area contributed by atoms with Crippen LogP contribution in [0.2, 0.25) is 0 Å². The highest BCUT2D eigenvalue weighted by Crippen LogP contribution is 2.26. The van der Waals surface area contributed by atoms with Crippen molar-refractivity contribution in [1.29, 1.82) is 0 Å². The molecule has 0 spiro atoms. The van der Waals surface area contributed by atoms with Crippen molar-refractivity contribution in [2.24, 2.45) is 0 Å². The molecular formula is C24H26N2O5S. The van der Waals surface area contributed by atoms with Gasteiger partial charge in [-0.25, -0.2) is 8.42 Å². The molecule has 8 heteroatoms. The number of anilines is 1. The Hall–Kier alpha value is -3.52. The van der Waals surface area contributed by atoms with E-state index in [4.69, 9.17) is 9.47 Å². The number of benzene rings is 3. The van der Waals surface area contributed by atoms with Crippen LogP contribution in [0.1, 0.15) is 15.9 Å². The second-order valence-electron chi connectivity index (χ2n) is 7.17. The Morgan fingerprint density at radius 2 is 1.59 bits per heavy atom. The van der Waals surface area contributed by atoms with Gasteiger partial charge in [-0.15, -0.1) is 0 Å². The van der Waals surface area contributed by atoms with E-state index in [0.717, 1.165) is 5.56 Å². The Bertz CT molecular complexity index is 1200. The monoisotopic (exact) mass is 454 g/mol. The average molecular weight is 455 g/mol. The molecule has 7 nitrogen and oxygen atoms in total. The highest BCUT2D eigenvalue weighted by molar-refractivity contribution is 7.92. The van der Waals surface area contributed by atoms with Crippen molar-refractivity contribution in [3.63, 3.8) is 0 Å². The van der Waals surface area contributed by atoms with Gasteiger partial charge in [0.1, 0.15) is 11.5 Å². The number of amides is 1. The van der Waals surface area contributed by atoms with Gasteiger partial charge in [0.05, 0.1) is 24.8 Å². The fraction of sp³-hybridized carbons (Fsp3) is 0.208. The Balaban J connectivity index is 1.83. The molecular weight excluding hydrogens is 428 g/mol. The maximum Gasteiger partial charge on any atom is 0.264 e. The smallest absolute Gasteiger partial charge is 0.264 e. The third kappa shape index (κ3) is 4.86. The van der Waals surface area contributed by atoms with Crippen LogP contribution in [0, 0.1) is 0 Å². The largest absolute Gasteiger partial charge is 0.497 e. The number of nitrogens with zero attached hydrogens (tertiary/aromatic N) is 2. The minimum absolute atomic E-state index is 0.0464. The minimum Gasteiger partial charge on any atom is -0.497 e. The molecule has 0 N–H and O–H groups in total. The molecule has 0 radical (unpaired) electrons. The summed E-state index contributed by atoms with van der Waals surface area (Å²) in [7, 11) is 2.44. The fourth-order valence-corrected chi connectivity index (χ4v) is 4.50. The van der Waals surface area contributed by atoms with E-state index in [1.165, 1.54) is 28.4 Å². The first-order valence-corrected chi connectivity index (χ1v) is 11.3. The zero-order valence-corrected chi connectivity index (χ0v) is 19.3. The van der Waals surface area contributed by atoms with Crippen molar-refractivity contribution >= 4 is 21.6 Å². The third-order valence-electron chi connectivity index (χ3n) is 5.11. The van der Waals surface area contributed by atoms with Crippen LogP contribution in [-0.4, -0.2) is 47.5 Å². The molecule has 0 saturated heterocycles. The number of methoxy groups -OCH3 is 2. The van der Waals surface area contributed by atoms with Crippen LogP contribution in [0.5, 0.6) is 11.5 Å². The summed E-state index contributed by atoms with van der Waals surface area (Å²) in [5, 5.41) is 0. The summed E-state index contributed by atoms with van der Waals surface area (Å²) in [6.45, 7) is 0.285. The Morgan fingerprint density at radius 3 is 2.25 bits per heavy atom. The van der Waals surface area contributed by atoms with Crippen molar-refractivity contribution in [2.75, 3.05) is 32.6 Å². The highest BCUT2D eigenvalue weighted by Gasteiger charge is 2.23. The number of hydrogen-bond acceptors (Lipinski definition) is 5. The molecule has 32 heavy (non-hydrogen) atoms. The number of para-hydroxylation sites is 1. The van der Waals surface area contributed by atoms with Crippen molar-refractivity contribution in [3.05, 3.63) is 83.9 Å². The quantitative estimate of drug-likeness (QED) is 0.518. The van der Waals surface area contributed by atoms with Crippen LogP contribution in [0.15, 0.2) is 77.7 Å². The summed E-state index contributed by atoms with van der Waals surface area (Å²) in [6.07, 6.45) is 0. The number of ether oxygens (including phenoxy) is 2. The summed E-state index contributed by atoms with van der Waals surface area (Å²) in [5.74, 6) is 0.951. The summed E-state index contributed by atoms with van der Waals surface area (Å²) in [4.78, 5) is 14.6. The molecule has 0 saturated carbocycles. The van der Waals surface area contributed by atoms with E-state index in [1.807, 2.05) is 12.1 Å². The van der Waals surface area contributed by atoms with E-state index >= 15 is 0 Å². The lowest BCUT2D eigenvalue weighted by atomic mass is 10.1. The molecule has 0 bridgehead atoms. The van der Waals surface area contributed by atoms with Crippen molar-refractivity contribution < 1.29 is 22.7 Å². The van der Waals surface area contributed by atoms with Gasteiger partial charge in [-0.3, -0.25) is 9.10 Å². The SMILES string of the molecule is COc1ccc(CN(C)C(=O)c2cccc(S(=O)(=O)N(C)c3ccccc3)c2)c(OC)c1. The van der Waals surface area contributed by atoms with Gasteiger partial charge in [0.15, 0.2) is 0 Å². The van der Waals surface area contributed by atoms with Gasteiger partial charge in [0.25, 0.3) is 15.9 Å². The molecule has 168 valence electrons. The lowest BCUT2D eigenvalue weighted by Crippen LogP contribution is -2.28. The molecule has 3 aromatic rings. The van der Waals surface area contributed by atoms with E-state index in [-0.39, 0.29) is 22.9 Å². The molecule has 0 aliphatic carbocycles. The van der Waals surface area contributed by atoms with E-state index in [9.17, 15) is 13.2 Å². The normalized spacial score (nSPS) is 11.0. The van der Waals surface area contributed by atoms with Gasteiger partial charge < -0.3 is 14.4 Å². The average Bonchev–Trinajstić information content (AvgIpc) is 2.83. The van der Waals surface area contributed by atoms with Gasteiger partial charge in [0.2, 0.25) is 0 Å². The zero-order valence-electron chi connectivity index (χ0n) is 18.5. The van der Waals surface area contributed by atoms with E-state index in [1.54, 1.807) is 69.8 Å². The van der Waals surface area contributed by atoms with Crippen LogP contribution in [0.3, 0.4) is 0 Å². The number of carbonyl (C=O) groups excluding carboxylic acids is 1. The summed E-state index contributed by atoms with van der Waals surface area (Å²) >= 11 is 0.